The topological polar surface area (TPSA) is 74.0 Å². The Bertz CT molecular complexity index is 548. The van der Waals surface area contributed by atoms with E-state index >= 15 is 0 Å². The molecule has 19 heavy (non-hydrogen) atoms. The van der Waals surface area contributed by atoms with Crippen LogP contribution in [0.25, 0.3) is 0 Å². The molecule has 0 amide bonds. The standard InChI is InChI=1S/C10H5F5N2O2/c11-9(12)5-1-4(3-16)17-6(2-7(18)19)8(5)10(13,14)15/h1,9H,2H2,(H,18,19). The number of alkyl halides is 5. The summed E-state index contributed by atoms with van der Waals surface area (Å²) in [5, 5.41) is 17.0. The Morgan fingerprint density at radius 2 is 2.05 bits per heavy atom. The molecule has 0 spiro atoms. The van der Waals surface area contributed by atoms with Gasteiger partial charge < -0.3 is 5.11 Å². The van der Waals surface area contributed by atoms with Gasteiger partial charge in [0.05, 0.1) is 17.7 Å². The summed E-state index contributed by atoms with van der Waals surface area (Å²) >= 11 is 0. The number of halogens is 5. The first-order chi connectivity index (χ1) is 8.66. The summed E-state index contributed by atoms with van der Waals surface area (Å²) in [7, 11) is 0. The predicted octanol–water partition coefficient (Wildman–Crippen LogP) is 2.54. The van der Waals surface area contributed by atoms with Crippen LogP contribution in [0.4, 0.5) is 22.0 Å². The molecule has 0 bridgehead atoms. The van der Waals surface area contributed by atoms with Gasteiger partial charge in [0.15, 0.2) is 0 Å². The fraction of sp³-hybridized carbons (Fsp3) is 0.300. The lowest BCUT2D eigenvalue weighted by atomic mass is 10.0. The molecule has 1 aromatic rings. The molecule has 4 nitrogen and oxygen atoms in total. The van der Waals surface area contributed by atoms with Crippen molar-refractivity contribution in [3.05, 3.63) is 28.6 Å². The normalized spacial score (nSPS) is 11.4. The van der Waals surface area contributed by atoms with Crippen molar-refractivity contribution in [3.8, 4) is 6.07 Å². The van der Waals surface area contributed by atoms with Gasteiger partial charge >= 0.3 is 12.1 Å². The van der Waals surface area contributed by atoms with Gasteiger partial charge in [0.25, 0.3) is 6.43 Å². The largest absolute Gasteiger partial charge is 0.481 e. The summed E-state index contributed by atoms with van der Waals surface area (Å²) in [6.45, 7) is 0. The summed E-state index contributed by atoms with van der Waals surface area (Å²) in [4.78, 5) is 13.6. The van der Waals surface area contributed by atoms with Gasteiger partial charge in [-0.05, 0) is 6.07 Å². The Labute approximate surface area is 103 Å². The maximum absolute atomic E-state index is 12.7. The van der Waals surface area contributed by atoms with Crippen LogP contribution < -0.4 is 0 Å². The molecule has 0 aliphatic rings. The van der Waals surface area contributed by atoms with Crippen LogP contribution in [0.3, 0.4) is 0 Å². The molecule has 1 rings (SSSR count). The molecule has 0 aliphatic carbocycles. The highest BCUT2D eigenvalue weighted by atomic mass is 19.4. The minimum absolute atomic E-state index is 0.304. The first-order valence-electron chi connectivity index (χ1n) is 4.68. The molecular formula is C10H5F5N2O2. The fourth-order valence-electron chi connectivity index (χ4n) is 1.45. The number of aromatic nitrogens is 1. The molecule has 0 saturated heterocycles. The number of nitrogens with zero attached hydrogens (tertiary/aromatic N) is 2. The summed E-state index contributed by atoms with van der Waals surface area (Å²) in [5.41, 5.74) is -5.05. The van der Waals surface area contributed by atoms with Crippen molar-refractivity contribution in [1.29, 1.82) is 5.26 Å². The van der Waals surface area contributed by atoms with Crippen molar-refractivity contribution in [1.82, 2.24) is 4.98 Å². The van der Waals surface area contributed by atoms with E-state index in [0.29, 0.717) is 6.07 Å². The minimum Gasteiger partial charge on any atom is -0.481 e. The molecular weight excluding hydrogens is 275 g/mol. The number of pyridine rings is 1. The number of carboxylic acid groups (broad SMARTS) is 1. The van der Waals surface area contributed by atoms with Gasteiger partial charge in [-0.15, -0.1) is 0 Å². The van der Waals surface area contributed by atoms with Crippen molar-refractivity contribution in [3.63, 3.8) is 0 Å². The molecule has 0 radical (unpaired) electrons. The number of rotatable bonds is 3. The van der Waals surface area contributed by atoms with E-state index in [9.17, 15) is 26.7 Å². The van der Waals surface area contributed by atoms with Gasteiger partial charge in [-0.3, -0.25) is 4.79 Å². The highest BCUT2D eigenvalue weighted by molar-refractivity contribution is 5.70. The average molecular weight is 280 g/mol. The van der Waals surface area contributed by atoms with E-state index in [-0.39, 0.29) is 0 Å². The molecule has 1 heterocycles. The maximum Gasteiger partial charge on any atom is 0.418 e. The zero-order valence-electron chi connectivity index (χ0n) is 9.00. The first kappa shape index (κ1) is 14.8. The highest BCUT2D eigenvalue weighted by Crippen LogP contribution is 2.38. The van der Waals surface area contributed by atoms with Crippen LogP contribution in [-0.2, 0) is 17.4 Å². The SMILES string of the molecule is N#Cc1cc(C(F)F)c(C(F)(F)F)c(CC(=O)O)n1. The summed E-state index contributed by atoms with van der Waals surface area (Å²) in [6, 6.07) is 1.61. The molecule has 9 heteroatoms. The quantitative estimate of drug-likeness (QED) is 0.863. The second-order valence-electron chi connectivity index (χ2n) is 3.40. The van der Waals surface area contributed by atoms with Gasteiger partial charge in [-0.2, -0.15) is 18.4 Å². The van der Waals surface area contributed by atoms with Gasteiger partial charge in [-0.25, -0.2) is 13.8 Å². The van der Waals surface area contributed by atoms with E-state index in [1.165, 1.54) is 6.07 Å². The highest BCUT2D eigenvalue weighted by Gasteiger charge is 2.40. The lowest BCUT2D eigenvalue weighted by Gasteiger charge is -2.15. The van der Waals surface area contributed by atoms with Crippen LogP contribution in [0.15, 0.2) is 6.07 Å². The first-order valence-corrected chi connectivity index (χ1v) is 4.68. The van der Waals surface area contributed by atoms with E-state index in [4.69, 9.17) is 10.4 Å². The number of nitriles is 1. The molecule has 0 fully saturated rings. The Morgan fingerprint density at radius 3 is 2.42 bits per heavy atom. The fourth-order valence-corrected chi connectivity index (χ4v) is 1.45. The van der Waals surface area contributed by atoms with Crippen molar-refractivity contribution < 1.29 is 31.9 Å². The molecule has 0 unspecified atom stereocenters. The lowest BCUT2D eigenvalue weighted by molar-refractivity contribution is -0.141. The van der Waals surface area contributed by atoms with Crippen molar-refractivity contribution >= 4 is 5.97 Å². The van der Waals surface area contributed by atoms with Crippen molar-refractivity contribution in [2.75, 3.05) is 0 Å². The average Bonchev–Trinajstić information content (AvgIpc) is 2.25. The van der Waals surface area contributed by atoms with E-state index in [2.05, 4.69) is 4.98 Å². The molecule has 1 aromatic heterocycles. The van der Waals surface area contributed by atoms with E-state index in [0.717, 1.165) is 0 Å². The molecule has 0 aliphatic heterocycles. The smallest absolute Gasteiger partial charge is 0.418 e. The second-order valence-corrected chi connectivity index (χ2v) is 3.40. The number of carbonyl (C=O) groups is 1. The number of hydrogen-bond acceptors (Lipinski definition) is 3. The molecule has 0 atom stereocenters. The minimum atomic E-state index is -5.18. The van der Waals surface area contributed by atoms with Crippen molar-refractivity contribution in [2.45, 2.75) is 19.0 Å². The second kappa shape index (κ2) is 5.17. The van der Waals surface area contributed by atoms with E-state index in [1.807, 2.05) is 0 Å². The molecule has 102 valence electrons. The predicted molar refractivity (Wildman–Crippen MR) is 50.3 cm³/mol. The molecule has 0 saturated carbocycles. The number of carboxylic acids is 1. The summed E-state index contributed by atoms with van der Waals surface area (Å²) in [6.07, 6.45) is -9.89. The van der Waals surface area contributed by atoms with Crippen LogP contribution in [0.2, 0.25) is 0 Å². The third kappa shape index (κ3) is 3.37. The van der Waals surface area contributed by atoms with Gasteiger partial charge in [-0.1, -0.05) is 0 Å². The lowest BCUT2D eigenvalue weighted by Crippen LogP contribution is -2.18. The van der Waals surface area contributed by atoms with Gasteiger partial charge in [0.2, 0.25) is 0 Å². The van der Waals surface area contributed by atoms with Gasteiger partial charge in [0, 0.05) is 5.56 Å². The maximum atomic E-state index is 12.7. The van der Waals surface area contributed by atoms with Gasteiger partial charge in [0.1, 0.15) is 11.8 Å². The molecule has 1 N–H and O–H groups in total. The zero-order valence-corrected chi connectivity index (χ0v) is 9.00. The van der Waals surface area contributed by atoms with Crippen LogP contribution in [0, 0.1) is 11.3 Å². The Morgan fingerprint density at radius 1 is 1.47 bits per heavy atom. The Balaban J connectivity index is 3.62. The third-order valence-electron chi connectivity index (χ3n) is 2.08. The third-order valence-corrected chi connectivity index (χ3v) is 2.08. The Kier molecular flexibility index (Phi) is 4.04. The summed E-state index contributed by atoms with van der Waals surface area (Å²) < 4.78 is 63.3. The van der Waals surface area contributed by atoms with E-state index < -0.39 is 47.5 Å². The van der Waals surface area contributed by atoms with E-state index in [1.54, 1.807) is 0 Å². The number of hydrogen-bond donors (Lipinski definition) is 1. The molecule has 0 aromatic carbocycles. The van der Waals surface area contributed by atoms with Crippen LogP contribution in [0.5, 0.6) is 0 Å². The van der Waals surface area contributed by atoms with Crippen molar-refractivity contribution in [2.24, 2.45) is 0 Å². The van der Waals surface area contributed by atoms with Crippen LogP contribution >= 0.6 is 0 Å². The monoisotopic (exact) mass is 280 g/mol. The zero-order chi connectivity index (χ0) is 14.8. The van der Waals surface area contributed by atoms with Crippen LogP contribution in [0.1, 0.15) is 28.9 Å². The van der Waals surface area contributed by atoms with Crippen LogP contribution in [-0.4, -0.2) is 16.1 Å². The Hall–Kier alpha value is -2.24. The number of aliphatic carboxylic acids is 1. The summed E-state index contributed by atoms with van der Waals surface area (Å²) in [5.74, 6) is -1.67.